The number of carbonyl (C=O) groups is 1. The van der Waals surface area contributed by atoms with Gasteiger partial charge in [-0.05, 0) is 18.2 Å². The molecule has 7 nitrogen and oxygen atoms in total. The molecule has 0 saturated heterocycles. The number of amides is 1. The number of nitro groups is 1. The monoisotopic (exact) mass is 296 g/mol. The first-order valence-electron chi connectivity index (χ1n) is 6.48. The molecule has 0 spiro atoms. The number of fused-ring (bicyclic) bond motifs is 1. The Labute approximate surface area is 124 Å². The number of para-hydroxylation sites is 3. The van der Waals surface area contributed by atoms with Gasteiger partial charge in [-0.25, -0.2) is 0 Å². The van der Waals surface area contributed by atoms with Crippen molar-refractivity contribution in [3.8, 4) is 0 Å². The molecule has 0 fully saturated rings. The van der Waals surface area contributed by atoms with Crippen molar-refractivity contribution >= 4 is 33.9 Å². The van der Waals surface area contributed by atoms with Crippen LogP contribution in [-0.2, 0) is 0 Å². The molecular formula is C15H12N4O3. The Balaban J connectivity index is 1.97. The molecule has 0 aliphatic rings. The van der Waals surface area contributed by atoms with Gasteiger partial charge in [0.1, 0.15) is 11.2 Å². The summed E-state index contributed by atoms with van der Waals surface area (Å²) < 4.78 is 0. The van der Waals surface area contributed by atoms with E-state index in [0.29, 0.717) is 22.3 Å². The second kappa shape index (κ2) is 5.21. The highest BCUT2D eigenvalue weighted by Crippen LogP contribution is 2.26. The summed E-state index contributed by atoms with van der Waals surface area (Å²) in [6.45, 7) is 0. The van der Waals surface area contributed by atoms with Crippen LogP contribution in [-0.4, -0.2) is 15.8 Å². The van der Waals surface area contributed by atoms with E-state index in [1.807, 2.05) is 0 Å². The summed E-state index contributed by atoms with van der Waals surface area (Å²) in [5.74, 6) is -0.414. The normalized spacial score (nSPS) is 10.5. The molecule has 110 valence electrons. The van der Waals surface area contributed by atoms with Crippen LogP contribution in [0.2, 0.25) is 0 Å². The fourth-order valence-electron chi connectivity index (χ4n) is 2.22. The van der Waals surface area contributed by atoms with Crippen molar-refractivity contribution < 1.29 is 9.72 Å². The Bertz CT molecular complexity index is 885. The molecule has 1 heterocycles. The molecule has 0 aliphatic carbocycles. The fourth-order valence-corrected chi connectivity index (χ4v) is 2.22. The SMILES string of the molecule is Nc1ccccc1NC(=O)c1cc2cccc([N+](=O)[O-])c2[nH]1. The first-order chi connectivity index (χ1) is 10.6. The predicted octanol–water partition coefficient (Wildman–Crippen LogP) is 2.91. The first kappa shape index (κ1) is 13.6. The van der Waals surface area contributed by atoms with Gasteiger partial charge in [0, 0.05) is 11.5 Å². The van der Waals surface area contributed by atoms with E-state index < -0.39 is 10.8 Å². The summed E-state index contributed by atoms with van der Waals surface area (Å²) in [7, 11) is 0. The molecule has 0 radical (unpaired) electrons. The summed E-state index contributed by atoms with van der Waals surface area (Å²) in [5.41, 5.74) is 7.17. The zero-order chi connectivity index (χ0) is 15.7. The number of nitrogens with one attached hydrogen (secondary N) is 2. The van der Waals surface area contributed by atoms with Crippen LogP contribution in [0.5, 0.6) is 0 Å². The zero-order valence-electron chi connectivity index (χ0n) is 11.4. The average molecular weight is 296 g/mol. The number of aromatic nitrogens is 1. The molecule has 0 aliphatic heterocycles. The Hall–Kier alpha value is -3.35. The third-order valence-electron chi connectivity index (χ3n) is 3.28. The minimum atomic E-state index is -0.490. The van der Waals surface area contributed by atoms with Gasteiger partial charge in [0.05, 0.1) is 16.3 Å². The van der Waals surface area contributed by atoms with Crippen LogP contribution in [0.4, 0.5) is 17.1 Å². The second-order valence-corrected chi connectivity index (χ2v) is 4.72. The maximum absolute atomic E-state index is 12.2. The lowest BCUT2D eigenvalue weighted by molar-refractivity contribution is -0.383. The van der Waals surface area contributed by atoms with Gasteiger partial charge in [-0.15, -0.1) is 0 Å². The van der Waals surface area contributed by atoms with Gasteiger partial charge >= 0.3 is 0 Å². The maximum atomic E-state index is 12.2. The average Bonchev–Trinajstić information content (AvgIpc) is 2.93. The highest BCUT2D eigenvalue weighted by molar-refractivity contribution is 6.07. The molecule has 0 unspecified atom stereocenters. The molecule has 0 bridgehead atoms. The van der Waals surface area contributed by atoms with E-state index in [4.69, 9.17) is 5.73 Å². The molecule has 3 rings (SSSR count). The molecule has 0 saturated carbocycles. The summed E-state index contributed by atoms with van der Waals surface area (Å²) in [6.07, 6.45) is 0. The summed E-state index contributed by atoms with van der Waals surface area (Å²) in [5, 5.41) is 14.3. The van der Waals surface area contributed by atoms with Gasteiger partial charge in [0.2, 0.25) is 0 Å². The maximum Gasteiger partial charge on any atom is 0.293 e. The highest BCUT2D eigenvalue weighted by atomic mass is 16.6. The van der Waals surface area contributed by atoms with Crippen molar-refractivity contribution in [1.29, 1.82) is 0 Å². The molecule has 22 heavy (non-hydrogen) atoms. The fraction of sp³-hybridized carbons (Fsp3) is 0. The van der Waals surface area contributed by atoms with E-state index >= 15 is 0 Å². The number of anilines is 2. The largest absolute Gasteiger partial charge is 0.397 e. The van der Waals surface area contributed by atoms with Gasteiger partial charge in [0.25, 0.3) is 11.6 Å². The highest BCUT2D eigenvalue weighted by Gasteiger charge is 2.17. The van der Waals surface area contributed by atoms with Gasteiger partial charge in [-0.2, -0.15) is 0 Å². The van der Waals surface area contributed by atoms with Crippen LogP contribution < -0.4 is 11.1 Å². The van der Waals surface area contributed by atoms with Crippen molar-refractivity contribution in [2.75, 3.05) is 11.1 Å². The third kappa shape index (κ3) is 2.35. The van der Waals surface area contributed by atoms with E-state index in [2.05, 4.69) is 10.3 Å². The number of non-ortho nitro benzene ring substituents is 1. The second-order valence-electron chi connectivity index (χ2n) is 4.72. The number of hydrogen-bond acceptors (Lipinski definition) is 4. The summed E-state index contributed by atoms with van der Waals surface area (Å²) >= 11 is 0. The lowest BCUT2D eigenvalue weighted by atomic mass is 10.2. The van der Waals surface area contributed by atoms with Gasteiger partial charge in [-0.3, -0.25) is 14.9 Å². The number of nitrogens with two attached hydrogens (primary N) is 1. The van der Waals surface area contributed by atoms with E-state index in [9.17, 15) is 14.9 Å². The minimum Gasteiger partial charge on any atom is -0.397 e. The van der Waals surface area contributed by atoms with E-state index in [0.717, 1.165) is 0 Å². The van der Waals surface area contributed by atoms with E-state index in [1.54, 1.807) is 42.5 Å². The molecule has 2 aromatic carbocycles. The molecule has 3 aromatic rings. The molecule has 4 N–H and O–H groups in total. The van der Waals surface area contributed by atoms with Crippen molar-refractivity contribution in [3.63, 3.8) is 0 Å². The van der Waals surface area contributed by atoms with Crippen LogP contribution in [0.15, 0.2) is 48.5 Å². The number of nitrogen functional groups attached to an aromatic ring is 1. The molecule has 0 atom stereocenters. The Kier molecular flexibility index (Phi) is 3.23. The van der Waals surface area contributed by atoms with Crippen LogP contribution >= 0.6 is 0 Å². The molecule has 1 aromatic heterocycles. The predicted molar refractivity (Wildman–Crippen MR) is 83.8 cm³/mol. The van der Waals surface area contributed by atoms with Crippen molar-refractivity contribution in [2.45, 2.75) is 0 Å². The Morgan fingerprint density at radius 2 is 1.95 bits per heavy atom. The van der Waals surface area contributed by atoms with Crippen molar-refractivity contribution in [3.05, 3.63) is 64.3 Å². The van der Waals surface area contributed by atoms with Crippen molar-refractivity contribution in [2.24, 2.45) is 0 Å². The number of carbonyl (C=O) groups excluding carboxylic acids is 1. The number of aromatic amines is 1. The smallest absolute Gasteiger partial charge is 0.293 e. The van der Waals surface area contributed by atoms with Crippen LogP contribution in [0, 0.1) is 10.1 Å². The number of nitro benzene ring substituents is 1. The lowest BCUT2D eigenvalue weighted by Gasteiger charge is -2.06. The zero-order valence-corrected chi connectivity index (χ0v) is 11.4. The first-order valence-corrected chi connectivity index (χ1v) is 6.48. The summed E-state index contributed by atoms with van der Waals surface area (Å²) in [4.78, 5) is 25.5. The third-order valence-corrected chi connectivity index (χ3v) is 3.28. The number of benzene rings is 2. The molecule has 7 heteroatoms. The molecule has 1 amide bonds. The Morgan fingerprint density at radius 1 is 1.18 bits per heavy atom. The quantitative estimate of drug-likeness (QED) is 0.391. The topological polar surface area (TPSA) is 114 Å². The number of rotatable bonds is 3. The van der Waals surface area contributed by atoms with Gasteiger partial charge in [-0.1, -0.05) is 24.3 Å². The van der Waals surface area contributed by atoms with E-state index in [-0.39, 0.29) is 11.4 Å². The lowest BCUT2D eigenvalue weighted by Crippen LogP contribution is -2.13. The summed E-state index contributed by atoms with van der Waals surface area (Å²) in [6, 6.07) is 13.1. The van der Waals surface area contributed by atoms with Gasteiger partial charge in [0.15, 0.2) is 0 Å². The van der Waals surface area contributed by atoms with Crippen LogP contribution in [0.1, 0.15) is 10.5 Å². The van der Waals surface area contributed by atoms with Gasteiger partial charge < -0.3 is 16.0 Å². The Morgan fingerprint density at radius 3 is 2.68 bits per heavy atom. The van der Waals surface area contributed by atoms with Crippen LogP contribution in [0.25, 0.3) is 10.9 Å². The van der Waals surface area contributed by atoms with Crippen molar-refractivity contribution in [1.82, 2.24) is 4.98 Å². The van der Waals surface area contributed by atoms with Crippen LogP contribution in [0.3, 0.4) is 0 Å². The van der Waals surface area contributed by atoms with E-state index in [1.165, 1.54) is 6.07 Å². The number of hydrogen-bond donors (Lipinski definition) is 3. The minimum absolute atomic E-state index is 0.0734. The number of nitrogens with zero attached hydrogens (tertiary/aromatic N) is 1. The molecular weight excluding hydrogens is 284 g/mol. The standard InChI is InChI=1S/C15H12N4O3/c16-10-5-1-2-6-11(10)18-15(20)12-8-9-4-3-7-13(19(21)22)14(9)17-12/h1-8,17H,16H2,(H,18,20). The number of H-pyrrole nitrogens is 1.